The van der Waals surface area contributed by atoms with Crippen molar-refractivity contribution < 1.29 is 0 Å². The van der Waals surface area contributed by atoms with Crippen molar-refractivity contribution in [3.8, 4) is 0 Å². The summed E-state index contributed by atoms with van der Waals surface area (Å²) < 4.78 is 0.875. The Morgan fingerprint density at radius 3 is 2.67 bits per heavy atom. The summed E-state index contributed by atoms with van der Waals surface area (Å²) in [7, 11) is 0. The molecule has 0 amide bonds. The fourth-order valence-corrected chi connectivity index (χ4v) is 2.72. The highest BCUT2D eigenvalue weighted by Gasteiger charge is 2.09. The van der Waals surface area contributed by atoms with Crippen molar-refractivity contribution in [2.45, 2.75) is 39.7 Å². The smallest absolute Gasteiger partial charge is 0.0931 e. The fraction of sp³-hybridized carbons (Fsp3) is 0.667. The van der Waals surface area contributed by atoms with Crippen LogP contribution in [0.15, 0.2) is 12.1 Å². The molecule has 1 aromatic heterocycles. The Morgan fingerprint density at radius 1 is 1.40 bits per heavy atom. The minimum Gasteiger partial charge on any atom is -0.309 e. The molecular formula is C12H20ClNS. The van der Waals surface area contributed by atoms with E-state index in [9.17, 15) is 0 Å². The lowest BCUT2D eigenvalue weighted by molar-refractivity contribution is 0.446. The highest BCUT2D eigenvalue weighted by molar-refractivity contribution is 7.16. The van der Waals surface area contributed by atoms with Crippen LogP contribution in [-0.2, 0) is 0 Å². The third-order valence-corrected chi connectivity index (χ3v) is 3.99. The number of nitrogens with one attached hydrogen (secondary N) is 1. The van der Waals surface area contributed by atoms with Gasteiger partial charge in [-0.25, -0.2) is 0 Å². The van der Waals surface area contributed by atoms with Crippen LogP contribution < -0.4 is 5.32 Å². The van der Waals surface area contributed by atoms with Gasteiger partial charge in [-0.3, -0.25) is 0 Å². The Labute approximate surface area is 102 Å². The molecule has 1 N–H and O–H groups in total. The molecule has 1 aromatic rings. The molecule has 0 fully saturated rings. The zero-order chi connectivity index (χ0) is 11.3. The van der Waals surface area contributed by atoms with Gasteiger partial charge in [0, 0.05) is 10.9 Å². The molecule has 15 heavy (non-hydrogen) atoms. The van der Waals surface area contributed by atoms with Crippen LogP contribution >= 0.6 is 22.9 Å². The van der Waals surface area contributed by atoms with Gasteiger partial charge in [0.05, 0.1) is 4.34 Å². The predicted octanol–water partition coefficient (Wildman–Crippen LogP) is 4.49. The molecule has 0 saturated carbocycles. The summed E-state index contributed by atoms with van der Waals surface area (Å²) in [5, 5.41) is 3.55. The van der Waals surface area contributed by atoms with Crippen LogP contribution in [0.25, 0.3) is 0 Å². The first-order valence-electron chi connectivity index (χ1n) is 5.62. The molecule has 1 heterocycles. The lowest BCUT2D eigenvalue weighted by atomic mass is 10.1. The molecule has 2 unspecified atom stereocenters. The summed E-state index contributed by atoms with van der Waals surface area (Å²) >= 11 is 7.57. The van der Waals surface area contributed by atoms with Crippen LogP contribution in [0.4, 0.5) is 0 Å². The Hall–Kier alpha value is -0.0500. The minimum atomic E-state index is 0.418. The largest absolute Gasteiger partial charge is 0.309 e. The average molecular weight is 246 g/mol. The Balaban J connectivity index is 2.33. The van der Waals surface area contributed by atoms with E-state index in [1.807, 2.05) is 6.07 Å². The molecule has 0 bridgehead atoms. The Kier molecular flexibility index (Phi) is 5.65. The maximum atomic E-state index is 5.91. The quantitative estimate of drug-likeness (QED) is 0.779. The van der Waals surface area contributed by atoms with Gasteiger partial charge < -0.3 is 5.32 Å². The lowest BCUT2D eigenvalue weighted by Gasteiger charge is -2.16. The third-order valence-electron chi connectivity index (χ3n) is 2.57. The molecule has 0 aromatic carbocycles. The summed E-state index contributed by atoms with van der Waals surface area (Å²) in [5.74, 6) is 0.757. The molecule has 0 aliphatic rings. The van der Waals surface area contributed by atoms with E-state index in [1.54, 1.807) is 11.3 Å². The number of hydrogen-bond acceptors (Lipinski definition) is 2. The van der Waals surface area contributed by atoms with E-state index in [2.05, 4.69) is 32.2 Å². The van der Waals surface area contributed by atoms with Gasteiger partial charge in [0.1, 0.15) is 0 Å². The standard InChI is InChI=1S/C12H20ClNS/c1-4-5-9(2)8-14-10(3)11-6-7-12(13)15-11/h6-7,9-10,14H,4-5,8H2,1-3H3. The third kappa shape index (κ3) is 4.54. The maximum absolute atomic E-state index is 5.91. The van der Waals surface area contributed by atoms with Crippen LogP contribution in [0.2, 0.25) is 4.34 Å². The summed E-state index contributed by atoms with van der Waals surface area (Å²) in [5.41, 5.74) is 0. The van der Waals surface area contributed by atoms with E-state index in [0.717, 1.165) is 16.8 Å². The second-order valence-corrected chi connectivity index (χ2v) is 5.91. The molecule has 3 heteroatoms. The van der Waals surface area contributed by atoms with Crippen LogP contribution in [0.1, 0.15) is 44.5 Å². The van der Waals surface area contributed by atoms with Gasteiger partial charge in [-0.2, -0.15) is 0 Å². The first-order chi connectivity index (χ1) is 7.13. The summed E-state index contributed by atoms with van der Waals surface area (Å²) in [4.78, 5) is 1.32. The van der Waals surface area contributed by atoms with Crippen molar-refractivity contribution in [1.29, 1.82) is 0 Å². The van der Waals surface area contributed by atoms with E-state index < -0.39 is 0 Å². The topological polar surface area (TPSA) is 12.0 Å². The normalized spacial score (nSPS) is 15.2. The van der Waals surface area contributed by atoms with Crippen molar-refractivity contribution in [1.82, 2.24) is 5.32 Å². The zero-order valence-electron chi connectivity index (χ0n) is 9.72. The van der Waals surface area contributed by atoms with Gasteiger partial charge in [0.15, 0.2) is 0 Å². The summed E-state index contributed by atoms with van der Waals surface area (Å²) in [6.07, 6.45) is 2.56. The molecule has 86 valence electrons. The van der Waals surface area contributed by atoms with Crippen molar-refractivity contribution in [3.05, 3.63) is 21.3 Å². The lowest BCUT2D eigenvalue weighted by Crippen LogP contribution is -2.23. The fourth-order valence-electron chi connectivity index (χ4n) is 1.63. The van der Waals surface area contributed by atoms with Gasteiger partial charge in [0.2, 0.25) is 0 Å². The number of hydrogen-bond donors (Lipinski definition) is 1. The molecule has 1 rings (SSSR count). The Morgan fingerprint density at radius 2 is 2.13 bits per heavy atom. The minimum absolute atomic E-state index is 0.418. The summed E-state index contributed by atoms with van der Waals surface area (Å²) in [6, 6.07) is 4.49. The highest BCUT2D eigenvalue weighted by Crippen LogP contribution is 2.26. The van der Waals surface area contributed by atoms with Gasteiger partial charge in [-0.05, 0) is 37.9 Å². The molecule has 1 nitrogen and oxygen atoms in total. The SMILES string of the molecule is CCCC(C)CNC(C)c1ccc(Cl)s1. The Bertz CT molecular complexity index is 285. The number of rotatable bonds is 6. The molecule has 0 saturated heterocycles. The molecule has 0 radical (unpaired) electrons. The van der Waals surface area contributed by atoms with Crippen molar-refractivity contribution >= 4 is 22.9 Å². The second kappa shape index (κ2) is 6.51. The predicted molar refractivity (Wildman–Crippen MR) is 69.8 cm³/mol. The average Bonchev–Trinajstić information content (AvgIpc) is 2.62. The van der Waals surface area contributed by atoms with Crippen LogP contribution in [0.5, 0.6) is 0 Å². The maximum Gasteiger partial charge on any atom is 0.0931 e. The molecule has 0 aliphatic heterocycles. The van der Waals surface area contributed by atoms with Crippen LogP contribution in [0.3, 0.4) is 0 Å². The molecular weight excluding hydrogens is 226 g/mol. The molecule has 0 spiro atoms. The van der Waals surface area contributed by atoms with Crippen LogP contribution in [-0.4, -0.2) is 6.54 Å². The number of thiophene rings is 1. The number of halogens is 1. The highest BCUT2D eigenvalue weighted by atomic mass is 35.5. The zero-order valence-corrected chi connectivity index (χ0v) is 11.3. The molecule has 2 atom stereocenters. The second-order valence-electron chi connectivity index (χ2n) is 4.17. The van der Waals surface area contributed by atoms with Crippen molar-refractivity contribution in [2.75, 3.05) is 6.54 Å². The van der Waals surface area contributed by atoms with Gasteiger partial charge in [-0.15, -0.1) is 11.3 Å². The van der Waals surface area contributed by atoms with Crippen molar-refractivity contribution in [3.63, 3.8) is 0 Å². The first-order valence-corrected chi connectivity index (χ1v) is 6.81. The van der Waals surface area contributed by atoms with E-state index in [0.29, 0.717) is 6.04 Å². The van der Waals surface area contributed by atoms with Crippen LogP contribution in [0, 0.1) is 5.92 Å². The van der Waals surface area contributed by atoms with Gasteiger partial charge >= 0.3 is 0 Å². The van der Waals surface area contributed by atoms with Gasteiger partial charge in [-0.1, -0.05) is 31.9 Å². The van der Waals surface area contributed by atoms with E-state index >= 15 is 0 Å². The van der Waals surface area contributed by atoms with Crippen molar-refractivity contribution in [2.24, 2.45) is 5.92 Å². The van der Waals surface area contributed by atoms with E-state index in [-0.39, 0.29) is 0 Å². The monoisotopic (exact) mass is 245 g/mol. The van der Waals surface area contributed by atoms with E-state index in [4.69, 9.17) is 11.6 Å². The summed E-state index contributed by atoms with van der Waals surface area (Å²) in [6.45, 7) is 7.81. The van der Waals surface area contributed by atoms with Gasteiger partial charge in [0.25, 0.3) is 0 Å². The van der Waals surface area contributed by atoms with E-state index in [1.165, 1.54) is 17.7 Å². The first kappa shape index (κ1) is 13.0. The molecule has 0 aliphatic carbocycles.